The molecule has 3 aromatic carbocycles. The van der Waals surface area contributed by atoms with Crippen LogP contribution in [0.2, 0.25) is 18.1 Å². The minimum atomic E-state index is -2.89. The lowest BCUT2D eigenvalue weighted by molar-refractivity contribution is -0.0480. The molecule has 4 aliphatic rings. The highest BCUT2D eigenvalue weighted by molar-refractivity contribution is 6.74. The summed E-state index contributed by atoms with van der Waals surface area (Å²) in [5.74, 6) is -1.31. The van der Waals surface area contributed by atoms with Crippen molar-refractivity contribution in [1.29, 1.82) is 0 Å². The Morgan fingerprint density at radius 3 is 2.13 bits per heavy atom. The van der Waals surface area contributed by atoms with Gasteiger partial charge in [0.2, 0.25) is 5.78 Å². The van der Waals surface area contributed by atoms with Gasteiger partial charge in [-0.1, -0.05) is 81.4 Å². The molecule has 62 heavy (non-hydrogen) atoms. The molecular weight excluding hydrogens is 797 g/mol. The van der Waals surface area contributed by atoms with Crippen molar-refractivity contribution in [2.75, 3.05) is 39.6 Å². The highest BCUT2D eigenvalue weighted by atomic mass is 28.4. The second-order valence-corrected chi connectivity index (χ2v) is 25.1. The van der Waals surface area contributed by atoms with E-state index in [0.717, 1.165) is 47.3 Å². The summed E-state index contributed by atoms with van der Waals surface area (Å²) in [5, 5.41) is 17.3. The fraction of sp³-hybridized carbons (Fsp3) is 0.500. The van der Waals surface area contributed by atoms with E-state index in [9.17, 15) is 5.11 Å². The molecule has 0 bridgehead atoms. The van der Waals surface area contributed by atoms with Crippen LogP contribution in [0.25, 0.3) is 0 Å². The highest BCUT2D eigenvalue weighted by Gasteiger charge is 2.67. The van der Waals surface area contributed by atoms with Crippen LogP contribution < -0.4 is 14.4 Å². The number of fused-ring (bicyclic) bond motifs is 4. The van der Waals surface area contributed by atoms with Gasteiger partial charge in [-0.25, -0.2) is 0 Å². The van der Waals surface area contributed by atoms with E-state index in [1.165, 1.54) is 0 Å². The van der Waals surface area contributed by atoms with Gasteiger partial charge in [-0.15, -0.1) is 0 Å². The second kappa shape index (κ2) is 16.1. The van der Waals surface area contributed by atoms with E-state index in [-0.39, 0.29) is 52.3 Å². The molecule has 11 nitrogen and oxygen atoms in total. The molecule has 1 N–H and O–H groups in total. The van der Waals surface area contributed by atoms with E-state index < -0.39 is 37.6 Å². The fourth-order valence-corrected chi connectivity index (χ4v) is 11.7. The number of aliphatic hydroxyl groups excluding tert-OH is 1. The van der Waals surface area contributed by atoms with E-state index >= 15 is 9.59 Å². The number of aromatic nitrogens is 1. The Morgan fingerprint density at radius 2 is 1.56 bits per heavy atom. The lowest BCUT2D eigenvalue weighted by Crippen LogP contribution is -2.65. The average molecular weight is 861 g/mol. The van der Waals surface area contributed by atoms with Gasteiger partial charge in [-0.3, -0.25) is 19.4 Å². The summed E-state index contributed by atoms with van der Waals surface area (Å²) in [6.45, 7) is 17.2. The Bertz CT molecular complexity index is 2380. The van der Waals surface area contributed by atoms with Crippen LogP contribution in [0.4, 0.5) is 5.69 Å². The van der Waals surface area contributed by atoms with Gasteiger partial charge in [0.25, 0.3) is 5.88 Å². The van der Waals surface area contributed by atoms with Crippen molar-refractivity contribution in [2.24, 2.45) is 11.8 Å². The first kappa shape index (κ1) is 43.9. The van der Waals surface area contributed by atoms with E-state index in [1.54, 1.807) is 0 Å². The van der Waals surface area contributed by atoms with Gasteiger partial charge in [-0.2, -0.15) is 0 Å². The van der Waals surface area contributed by atoms with Gasteiger partial charge < -0.3 is 28.4 Å². The lowest BCUT2D eigenvalue weighted by Gasteiger charge is -2.55. The van der Waals surface area contributed by atoms with Crippen molar-refractivity contribution < 1.29 is 33.1 Å². The molecular formula is C50H64N4O7Si. The molecule has 4 aromatic rings. The topological polar surface area (TPSA) is 118 Å². The molecule has 1 unspecified atom stereocenters. The number of rotatable bonds is 12. The zero-order chi connectivity index (χ0) is 44.5. The van der Waals surface area contributed by atoms with Crippen LogP contribution in [-0.4, -0.2) is 85.8 Å². The van der Waals surface area contributed by atoms with Crippen LogP contribution in [0.15, 0.2) is 82.6 Å². The predicted molar refractivity (Wildman–Crippen MR) is 244 cm³/mol. The SMILES string of the molecule is CN(C)c1c(CN2CCCC2(C)C)cc(OCc2ccccc2)c2c1C[C@H]1C[C@H]3[C@H](N(C)C)c4onc(OCc5ccccc5)c4C(=O)C3(O[Si](C)(C)C(C)(C)C)C(O)=C1C2=O. The van der Waals surface area contributed by atoms with Crippen molar-refractivity contribution in [3.8, 4) is 11.6 Å². The Kier molecular flexibility index (Phi) is 11.4. The van der Waals surface area contributed by atoms with Crippen LogP contribution in [0, 0.1) is 11.8 Å². The first-order chi connectivity index (χ1) is 29.3. The van der Waals surface area contributed by atoms with Crippen LogP contribution >= 0.6 is 0 Å². The van der Waals surface area contributed by atoms with Gasteiger partial charge in [0.05, 0.1) is 11.6 Å². The molecule has 12 heteroatoms. The number of aliphatic hydroxyl groups is 1. The molecule has 1 aliphatic heterocycles. The van der Waals surface area contributed by atoms with Gasteiger partial charge in [0.15, 0.2) is 25.5 Å². The smallest absolute Gasteiger partial charge is 0.265 e. The number of ketones is 2. The number of Topliss-reactive ketones (excluding diaryl/α,β-unsaturated/α-hetero) is 2. The molecule has 330 valence electrons. The standard InChI is InChI=1S/C50H64N4O7Si/c1-48(2,3)62(10,11)61-50-36(42(53(8)9)44-40(46(50)57)47(51-60-44)59-30-32-21-16-13-17-22-32)26-33-25-35-39(43(55)38(33)45(50)56)37(58-29-31-19-14-12-15-20-31)27-34(41(35)52(6)7)28-54-24-18-23-49(54,4)5/h12-17,19-22,27,33,36,42,56H,18,23-26,28-30H2,1-11H3/t33-,36-,42-,50?/m0/s1. The third-order valence-electron chi connectivity index (χ3n) is 14.5. The first-order valence-electron chi connectivity index (χ1n) is 22.1. The molecule has 1 saturated heterocycles. The molecule has 1 aromatic heterocycles. The molecule has 2 heterocycles. The third kappa shape index (κ3) is 7.40. The van der Waals surface area contributed by atoms with Crippen molar-refractivity contribution >= 4 is 25.6 Å². The average Bonchev–Trinajstić information content (AvgIpc) is 3.78. The summed E-state index contributed by atoms with van der Waals surface area (Å²) in [4.78, 5) is 38.1. The van der Waals surface area contributed by atoms with Crippen molar-refractivity contribution in [3.05, 3.63) is 117 Å². The maximum Gasteiger partial charge on any atom is 0.265 e. The molecule has 3 aliphatic carbocycles. The number of hydrogen-bond acceptors (Lipinski definition) is 11. The summed E-state index contributed by atoms with van der Waals surface area (Å²) >= 11 is 0. The lowest BCUT2D eigenvalue weighted by atomic mass is 9.58. The zero-order valence-electron chi connectivity index (χ0n) is 38.4. The van der Waals surface area contributed by atoms with Gasteiger partial charge in [0, 0.05) is 43.4 Å². The van der Waals surface area contributed by atoms with E-state index in [2.05, 4.69) is 62.7 Å². The summed E-state index contributed by atoms with van der Waals surface area (Å²) in [6.07, 6.45) is 3.08. The number of allylic oxidation sites excluding steroid dienone is 1. The second-order valence-electron chi connectivity index (χ2n) is 20.4. The summed E-state index contributed by atoms with van der Waals surface area (Å²) < 4.78 is 26.5. The Balaban J connectivity index is 1.33. The number of carbonyl (C=O) groups excluding carboxylic acids is 2. The number of likely N-dealkylation sites (tertiary alicyclic amines) is 1. The van der Waals surface area contributed by atoms with E-state index in [0.29, 0.717) is 36.5 Å². The van der Waals surface area contributed by atoms with Crippen LogP contribution in [-0.2, 0) is 30.6 Å². The van der Waals surface area contributed by atoms with Crippen LogP contribution in [0.1, 0.15) is 109 Å². The van der Waals surface area contributed by atoms with Crippen molar-refractivity contribution in [2.45, 2.75) is 115 Å². The molecule has 0 saturated carbocycles. The predicted octanol–water partition coefficient (Wildman–Crippen LogP) is 9.72. The molecule has 1 fully saturated rings. The number of benzene rings is 3. The molecule has 0 radical (unpaired) electrons. The minimum Gasteiger partial charge on any atom is -0.508 e. The Labute approximate surface area is 368 Å². The number of ether oxygens (including phenoxy) is 2. The Hall–Kier alpha value is -4.75. The number of nitrogens with zero attached hydrogens (tertiary/aromatic N) is 4. The maximum absolute atomic E-state index is 15.8. The number of hydrogen-bond donors (Lipinski definition) is 1. The maximum atomic E-state index is 15.8. The molecule has 4 atom stereocenters. The van der Waals surface area contributed by atoms with Crippen molar-refractivity contribution in [1.82, 2.24) is 15.0 Å². The van der Waals surface area contributed by atoms with E-state index in [4.69, 9.17) is 18.4 Å². The summed E-state index contributed by atoms with van der Waals surface area (Å²) in [6, 6.07) is 21.1. The normalized spacial score (nSPS) is 23.5. The zero-order valence-corrected chi connectivity index (χ0v) is 39.4. The van der Waals surface area contributed by atoms with Crippen molar-refractivity contribution in [3.63, 3.8) is 0 Å². The highest BCUT2D eigenvalue weighted by Crippen LogP contribution is 2.60. The molecule has 0 spiro atoms. The third-order valence-corrected chi connectivity index (χ3v) is 18.9. The summed E-state index contributed by atoms with van der Waals surface area (Å²) in [7, 11) is 5.07. The first-order valence-corrected chi connectivity index (χ1v) is 25.0. The largest absolute Gasteiger partial charge is 0.508 e. The quantitative estimate of drug-likeness (QED) is 0.137. The fourth-order valence-electron chi connectivity index (χ4n) is 10.3. The minimum absolute atomic E-state index is 0.0274. The monoisotopic (exact) mass is 860 g/mol. The van der Waals surface area contributed by atoms with Crippen LogP contribution in [0.3, 0.4) is 0 Å². The number of anilines is 1. The summed E-state index contributed by atoms with van der Waals surface area (Å²) in [5.41, 5.74) is 3.75. The van der Waals surface area contributed by atoms with Gasteiger partial charge in [0.1, 0.15) is 30.3 Å². The van der Waals surface area contributed by atoms with Gasteiger partial charge >= 0.3 is 0 Å². The van der Waals surface area contributed by atoms with Gasteiger partial charge in [-0.05, 0) is 118 Å². The van der Waals surface area contributed by atoms with Crippen LogP contribution in [0.5, 0.6) is 11.6 Å². The number of carbonyl (C=O) groups is 2. The van der Waals surface area contributed by atoms with E-state index in [1.807, 2.05) is 99.8 Å². The molecule has 8 rings (SSSR count). The Morgan fingerprint density at radius 1 is 0.935 bits per heavy atom. The molecule has 0 amide bonds.